The van der Waals surface area contributed by atoms with Gasteiger partial charge in [-0.3, -0.25) is 4.79 Å². The van der Waals surface area contributed by atoms with Crippen molar-refractivity contribution >= 4 is 17.5 Å². The number of carbonyl (C=O) groups excluding carboxylic acids is 1. The second-order valence-corrected chi connectivity index (χ2v) is 5.28. The molecule has 0 aliphatic heterocycles. The van der Waals surface area contributed by atoms with Crippen LogP contribution in [0.25, 0.3) is 0 Å². The van der Waals surface area contributed by atoms with E-state index in [0.29, 0.717) is 22.9 Å². The zero-order chi connectivity index (χ0) is 16.0. The maximum Gasteiger partial charge on any atom is 0.260 e. The number of benzene rings is 1. The fourth-order valence-electron chi connectivity index (χ4n) is 1.92. The molecule has 0 aliphatic rings. The zero-order valence-corrected chi connectivity index (χ0v) is 13.7. The lowest BCUT2D eigenvalue weighted by Crippen LogP contribution is -2.34. The van der Waals surface area contributed by atoms with Gasteiger partial charge in [0.2, 0.25) is 0 Å². The number of carbonyl (C=O) groups is 1. The summed E-state index contributed by atoms with van der Waals surface area (Å²) >= 11 is 6.10. The minimum atomic E-state index is -0.637. The third-order valence-corrected chi connectivity index (χ3v) is 3.45. The van der Waals surface area contributed by atoms with Crippen LogP contribution in [0, 0.1) is 0 Å². The molecule has 2 atom stereocenters. The van der Waals surface area contributed by atoms with E-state index < -0.39 is 6.10 Å². The van der Waals surface area contributed by atoms with Crippen LogP contribution < -0.4 is 20.5 Å². The van der Waals surface area contributed by atoms with Crippen molar-refractivity contribution in [1.82, 2.24) is 5.32 Å². The lowest BCUT2D eigenvalue weighted by atomic mass is 10.0. The summed E-state index contributed by atoms with van der Waals surface area (Å²) in [5, 5.41) is 3.10. The molecule has 1 rings (SSSR count). The van der Waals surface area contributed by atoms with E-state index in [0.717, 1.165) is 12.0 Å². The lowest BCUT2D eigenvalue weighted by Gasteiger charge is -2.20. The first kappa shape index (κ1) is 17.6. The van der Waals surface area contributed by atoms with Gasteiger partial charge in [-0.05, 0) is 25.8 Å². The molecule has 0 spiro atoms. The third kappa shape index (κ3) is 4.79. The number of amides is 1. The predicted molar refractivity (Wildman–Crippen MR) is 84.1 cm³/mol. The molecule has 118 valence electrons. The molecule has 0 aliphatic carbocycles. The summed E-state index contributed by atoms with van der Waals surface area (Å²) in [5.74, 6) is 0.802. The molecule has 0 radical (unpaired) electrons. The SMILES string of the molecule is CCC(N)Cc1cc(Cl)cc(OC)c1OC(C)C(=O)NC. The number of rotatable bonds is 7. The molecule has 0 fully saturated rings. The summed E-state index contributed by atoms with van der Waals surface area (Å²) in [6.45, 7) is 3.69. The first-order valence-corrected chi connectivity index (χ1v) is 7.30. The van der Waals surface area contributed by atoms with Crippen molar-refractivity contribution in [2.75, 3.05) is 14.2 Å². The average molecular weight is 315 g/mol. The van der Waals surface area contributed by atoms with Crippen LogP contribution >= 0.6 is 11.6 Å². The molecule has 0 heterocycles. The number of ether oxygens (including phenoxy) is 2. The highest BCUT2D eigenvalue weighted by Gasteiger charge is 2.20. The summed E-state index contributed by atoms with van der Waals surface area (Å²) in [7, 11) is 3.10. The Kier molecular flexibility index (Phi) is 6.78. The first-order valence-electron chi connectivity index (χ1n) is 6.93. The van der Waals surface area contributed by atoms with E-state index >= 15 is 0 Å². The minimum absolute atomic E-state index is 0.00849. The molecule has 2 unspecified atom stereocenters. The minimum Gasteiger partial charge on any atom is -0.493 e. The second-order valence-electron chi connectivity index (χ2n) is 4.84. The van der Waals surface area contributed by atoms with E-state index in [1.54, 1.807) is 26.1 Å². The Morgan fingerprint density at radius 1 is 1.48 bits per heavy atom. The molecular weight excluding hydrogens is 292 g/mol. The van der Waals surface area contributed by atoms with Gasteiger partial charge in [-0.2, -0.15) is 0 Å². The fourth-order valence-corrected chi connectivity index (χ4v) is 2.15. The van der Waals surface area contributed by atoms with Gasteiger partial charge in [0.1, 0.15) is 0 Å². The van der Waals surface area contributed by atoms with Crippen LogP contribution in [0.5, 0.6) is 11.5 Å². The number of nitrogens with two attached hydrogens (primary N) is 1. The van der Waals surface area contributed by atoms with Crippen LogP contribution in [-0.2, 0) is 11.2 Å². The van der Waals surface area contributed by atoms with Gasteiger partial charge < -0.3 is 20.5 Å². The number of likely N-dealkylation sites (N-methyl/N-ethyl adjacent to an activating group) is 1. The van der Waals surface area contributed by atoms with E-state index in [4.69, 9.17) is 26.8 Å². The first-order chi connectivity index (χ1) is 9.92. The molecule has 1 aromatic carbocycles. The Balaban J connectivity index is 3.15. The third-order valence-electron chi connectivity index (χ3n) is 3.23. The van der Waals surface area contributed by atoms with Gasteiger partial charge in [0.15, 0.2) is 17.6 Å². The molecule has 0 saturated heterocycles. The Morgan fingerprint density at radius 3 is 2.67 bits per heavy atom. The maximum atomic E-state index is 11.6. The van der Waals surface area contributed by atoms with Crippen molar-refractivity contribution in [2.24, 2.45) is 5.73 Å². The summed E-state index contributed by atoms with van der Waals surface area (Å²) < 4.78 is 11.1. The van der Waals surface area contributed by atoms with E-state index in [9.17, 15) is 4.79 Å². The summed E-state index contributed by atoms with van der Waals surface area (Å²) in [6, 6.07) is 3.45. The standard InChI is InChI=1S/C15H23ClN2O3/c1-5-12(17)7-10-6-11(16)8-13(20-4)14(10)21-9(2)15(19)18-3/h6,8-9,12H,5,7,17H2,1-4H3,(H,18,19). The normalized spacial score (nSPS) is 13.4. The van der Waals surface area contributed by atoms with Gasteiger partial charge in [-0.15, -0.1) is 0 Å². The molecule has 0 bridgehead atoms. The quantitative estimate of drug-likeness (QED) is 0.808. The van der Waals surface area contributed by atoms with Gasteiger partial charge in [0.05, 0.1) is 7.11 Å². The van der Waals surface area contributed by atoms with E-state index in [1.165, 1.54) is 7.11 Å². The van der Waals surface area contributed by atoms with Crippen LogP contribution in [0.15, 0.2) is 12.1 Å². The largest absolute Gasteiger partial charge is 0.493 e. The topological polar surface area (TPSA) is 73.6 Å². The van der Waals surface area contributed by atoms with Crippen molar-refractivity contribution < 1.29 is 14.3 Å². The van der Waals surface area contributed by atoms with E-state index in [1.807, 2.05) is 6.92 Å². The molecular formula is C15H23ClN2O3. The Labute approximate surface area is 130 Å². The summed E-state index contributed by atoms with van der Waals surface area (Å²) in [4.78, 5) is 11.6. The molecule has 21 heavy (non-hydrogen) atoms. The maximum absolute atomic E-state index is 11.6. The van der Waals surface area contributed by atoms with Crippen molar-refractivity contribution in [3.05, 3.63) is 22.7 Å². The summed E-state index contributed by atoms with van der Waals surface area (Å²) in [6.07, 6.45) is 0.796. The highest BCUT2D eigenvalue weighted by molar-refractivity contribution is 6.30. The number of hydrogen-bond donors (Lipinski definition) is 2. The molecule has 3 N–H and O–H groups in total. The monoisotopic (exact) mass is 314 g/mol. The number of halogens is 1. The van der Waals surface area contributed by atoms with Gasteiger partial charge in [-0.25, -0.2) is 0 Å². The molecule has 6 heteroatoms. The Morgan fingerprint density at radius 2 is 2.14 bits per heavy atom. The van der Waals surface area contributed by atoms with Gasteiger partial charge >= 0.3 is 0 Å². The molecule has 5 nitrogen and oxygen atoms in total. The Bertz CT molecular complexity index is 494. The molecule has 1 aromatic rings. The van der Waals surface area contributed by atoms with Gasteiger partial charge in [0.25, 0.3) is 5.91 Å². The summed E-state index contributed by atoms with van der Waals surface area (Å²) in [5.41, 5.74) is 6.85. The molecule has 0 saturated carbocycles. The van der Waals surface area contributed by atoms with Crippen molar-refractivity contribution in [3.63, 3.8) is 0 Å². The van der Waals surface area contributed by atoms with Crippen molar-refractivity contribution in [2.45, 2.75) is 38.8 Å². The number of hydrogen-bond acceptors (Lipinski definition) is 4. The van der Waals surface area contributed by atoms with Crippen LogP contribution in [0.4, 0.5) is 0 Å². The lowest BCUT2D eigenvalue weighted by molar-refractivity contribution is -0.126. The second kappa shape index (κ2) is 8.10. The molecule has 0 aromatic heterocycles. The highest BCUT2D eigenvalue weighted by atomic mass is 35.5. The van der Waals surface area contributed by atoms with E-state index in [2.05, 4.69) is 5.32 Å². The van der Waals surface area contributed by atoms with Gasteiger partial charge in [0, 0.05) is 29.7 Å². The Hall–Kier alpha value is -1.46. The van der Waals surface area contributed by atoms with Crippen LogP contribution in [-0.4, -0.2) is 32.2 Å². The van der Waals surface area contributed by atoms with Crippen LogP contribution in [0.2, 0.25) is 5.02 Å². The van der Waals surface area contributed by atoms with E-state index in [-0.39, 0.29) is 11.9 Å². The number of nitrogens with one attached hydrogen (secondary N) is 1. The van der Waals surface area contributed by atoms with Crippen LogP contribution in [0.3, 0.4) is 0 Å². The number of methoxy groups -OCH3 is 1. The van der Waals surface area contributed by atoms with Crippen molar-refractivity contribution in [3.8, 4) is 11.5 Å². The molecule has 1 amide bonds. The zero-order valence-electron chi connectivity index (χ0n) is 12.9. The van der Waals surface area contributed by atoms with Crippen LogP contribution in [0.1, 0.15) is 25.8 Å². The average Bonchev–Trinajstić information content (AvgIpc) is 2.48. The smallest absolute Gasteiger partial charge is 0.260 e. The van der Waals surface area contributed by atoms with Crippen molar-refractivity contribution in [1.29, 1.82) is 0 Å². The highest BCUT2D eigenvalue weighted by Crippen LogP contribution is 2.36. The fraction of sp³-hybridized carbons (Fsp3) is 0.533. The predicted octanol–water partition coefficient (Wildman–Crippen LogP) is 2.14. The van der Waals surface area contributed by atoms with Gasteiger partial charge in [-0.1, -0.05) is 18.5 Å².